The van der Waals surface area contributed by atoms with Crippen LogP contribution < -0.4 is 5.32 Å². The predicted octanol–water partition coefficient (Wildman–Crippen LogP) is 2.26. The lowest BCUT2D eigenvalue weighted by Crippen LogP contribution is -2.43. The van der Waals surface area contributed by atoms with Crippen molar-refractivity contribution in [3.63, 3.8) is 0 Å². The molecule has 1 aromatic carbocycles. The molecule has 2 aliphatic rings. The van der Waals surface area contributed by atoms with E-state index in [2.05, 4.69) is 5.32 Å². The monoisotopic (exact) mass is 376 g/mol. The number of nitrogens with zero attached hydrogens (tertiary/aromatic N) is 1. The molecular formula is C17H23Cl2FN2O2. The van der Waals surface area contributed by atoms with Gasteiger partial charge in [-0.05, 0) is 43.5 Å². The van der Waals surface area contributed by atoms with E-state index in [1.54, 1.807) is 11.0 Å². The molecule has 0 aromatic heterocycles. The molecule has 134 valence electrons. The van der Waals surface area contributed by atoms with Crippen LogP contribution in [0.25, 0.3) is 0 Å². The Labute approximate surface area is 152 Å². The molecule has 4 nitrogen and oxygen atoms in total. The average Bonchev–Trinajstić information content (AvgIpc) is 2.90. The molecule has 24 heavy (non-hydrogen) atoms. The van der Waals surface area contributed by atoms with E-state index >= 15 is 0 Å². The van der Waals surface area contributed by atoms with Crippen LogP contribution in [0, 0.1) is 17.2 Å². The molecule has 7 heteroatoms. The molecule has 1 atom stereocenters. The van der Waals surface area contributed by atoms with Gasteiger partial charge in [0.15, 0.2) is 0 Å². The number of aliphatic hydroxyl groups is 1. The Morgan fingerprint density at radius 2 is 2.12 bits per heavy atom. The van der Waals surface area contributed by atoms with E-state index in [0.29, 0.717) is 13.1 Å². The van der Waals surface area contributed by atoms with Crippen LogP contribution in [-0.2, 0) is 11.2 Å². The van der Waals surface area contributed by atoms with Crippen molar-refractivity contribution < 1.29 is 14.3 Å². The van der Waals surface area contributed by atoms with Crippen molar-refractivity contribution in [2.24, 2.45) is 11.3 Å². The Morgan fingerprint density at radius 3 is 2.75 bits per heavy atom. The fourth-order valence-corrected chi connectivity index (χ4v) is 4.16. The van der Waals surface area contributed by atoms with Gasteiger partial charge in [0, 0.05) is 36.2 Å². The Balaban J connectivity index is 0.00000208. The summed E-state index contributed by atoms with van der Waals surface area (Å²) in [5, 5.41) is 13.3. The summed E-state index contributed by atoms with van der Waals surface area (Å²) in [6.07, 6.45) is 1.89. The van der Waals surface area contributed by atoms with Crippen LogP contribution in [0.2, 0.25) is 5.02 Å². The molecule has 1 amide bonds. The molecule has 1 unspecified atom stereocenters. The molecule has 2 heterocycles. The number of aliphatic hydroxyl groups excluding tert-OH is 1. The molecule has 0 saturated carbocycles. The highest BCUT2D eigenvalue weighted by molar-refractivity contribution is 6.31. The van der Waals surface area contributed by atoms with Gasteiger partial charge in [-0.3, -0.25) is 4.79 Å². The molecule has 2 N–H and O–H groups in total. The third-order valence-corrected chi connectivity index (χ3v) is 5.73. The van der Waals surface area contributed by atoms with Gasteiger partial charge in [0.25, 0.3) is 0 Å². The Hall–Kier alpha value is -0.880. The van der Waals surface area contributed by atoms with Gasteiger partial charge >= 0.3 is 0 Å². The van der Waals surface area contributed by atoms with Gasteiger partial charge in [0.05, 0.1) is 6.42 Å². The quantitative estimate of drug-likeness (QED) is 0.850. The average molecular weight is 377 g/mol. The van der Waals surface area contributed by atoms with Crippen LogP contribution in [0.15, 0.2) is 18.2 Å². The summed E-state index contributed by atoms with van der Waals surface area (Å²) in [5.41, 5.74) is 0.250. The summed E-state index contributed by atoms with van der Waals surface area (Å²) < 4.78 is 13.9. The van der Waals surface area contributed by atoms with Crippen molar-refractivity contribution in [1.29, 1.82) is 0 Å². The zero-order chi connectivity index (χ0) is 16.4. The van der Waals surface area contributed by atoms with Crippen molar-refractivity contribution in [3.05, 3.63) is 34.6 Å². The number of hydrogen-bond acceptors (Lipinski definition) is 3. The summed E-state index contributed by atoms with van der Waals surface area (Å²) >= 11 is 6.02. The Morgan fingerprint density at radius 1 is 1.42 bits per heavy atom. The second-order valence-corrected chi connectivity index (χ2v) is 7.05. The lowest BCUT2D eigenvalue weighted by atomic mass is 9.71. The minimum absolute atomic E-state index is 0. The van der Waals surface area contributed by atoms with Crippen LogP contribution in [0.1, 0.15) is 18.4 Å². The molecule has 0 aliphatic carbocycles. The number of rotatable bonds is 3. The number of hydrogen-bond donors (Lipinski definition) is 2. The second-order valence-electron chi connectivity index (χ2n) is 6.64. The third-order valence-electron chi connectivity index (χ3n) is 5.37. The number of likely N-dealkylation sites (tertiary alicyclic amines) is 1. The maximum absolute atomic E-state index is 13.9. The number of nitrogens with one attached hydrogen (secondary N) is 1. The van der Waals surface area contributed by atoms with Crippen LogP contribution in [0.5, 0.6) is 0 Å². The van der Waals surface area contributed by atoms with E-state index < -0.39 is 5.82 Å². The summed E-state index contributed by atoms with van der Waals surface area (Å²) in [6.45, 7) is 3.10. The van der Waals surface area contributed by atoms with Crippen LogP contribution >= 0.6 is 24.0 Å². The molecule has 0 bridgehead atoms. The van der Waals surface area contributed by atoms with Crippen LogP contribution in [0.3, 0.4) is 0 Å². The number of carbonyl (C=O) groups excluding carboxylic acids is 1. The van der Waals surface area contributed by atoms with Crippen molar-refractivity contribution >= 4 is 29.9 Å². The van der Waals surface area contributed by atoms with Gasteiger partial charge < -0.3 is 15.3 Å². The molecule has 2 aliphatic heterocycles. The first kappa shape index (κ1) is 19.4. The Bertz CT molecular complexity index is 574. The van der Waals surface area contributed by atoms with Crippen LogP contribution in [-0.4, -0.2) is 48.7 Å². The summed E-state index contributed by atoms with van der Waals surface area (Å²) in [5.74, 6) is -0.462. The first-order chi connectivity index (χ1) is 11.1. The van der Waals surface area contributed by atoms with Gasteiger partial charge in [0.1, 0.15) is 5.82 Å². The predicted molar refractivity (Wildman–Crippen MR) is 94.1 cm³/mol. The van der Waals surface area contributed by atoms with E-state index in [1.165, 1.54) is 12.1 Å². The highest BCUT2D eigenvalue weighted by Crippen LogP contribution is 2.43. The number of carbonyl (C=O) groups is 1. The second kappa shape index (κ2) is 8.00. The number of halogens is 3. The van der Waals surface area contributed by atoms with E-state index in [1.807, 2.05) is 0 Å². The molecule has 3 rings (SSSR count). The zero-order valence-electron chi connectivity index (χ0n) is 13.4. The molecule has 1 aromatic rings. The maximum Gasteiger partial charge on any atom is 0.227 e. The molecule has 0 radical (unpaired) electrons. The van der Waals surface area contributed by atoms with Crippen LogP contribution in [0.4, 0.5) is 4.39 Å². The van der Waals surface area contributed by atoms with Gasteiger partial charge in [0.2, 0.25) is 5.91 Å². The van der Waals surface area contributed by atoms with Gasteiger partial charge in [-0.1, -0.05) is 17.7 Å². The minimum atomic E-state index is -0.444. The van der Waals surface area contributed by atoms with E-state index in [9.17, 15) is 14.3 Å². The zero-order valence-corrected chi connectivity index (χ0v) is 15.0. The maximum atomic E-state index is 13.9. The van der Waals surface area contributed by atoms with Crippen molar-refractivity contribution in [2.45, 2.75) is 19.3 Å². The minimum Gasteiger partial charge on any atom is -0.396 e. The summed E-state index contributed by atoms with van der Waals surface area (Å²) in [6, 6.07) is 4.46. The third kappa shape index (κ3) is 3.69. The number of benzene rings is 1. The molecule has 2 fully saturated rings. The van der Waals surface area contributed by atoms with Crippen molar-refractivity contribution in [1.82, 2.24) is 10.2 Å². The lowest BCUT2D eigenvalue weighted by molar-refractivity contribution is -0.130. The van der Waals surface area contributed by atoms with Crippen molar-refractivity contribution in [2.75, 3.05) is 32.8 Å². The largest absolute Gasteiger partial charge is 0.396 e. The number of piperidine rings is 1. The summed E-state index contributed by atoms with van der Waals surface area (Å²) in [4.78, 5) is 14.4. The van der Waals surface area contributed by atoms with Gasteiger partial charge in [-0.2, -0.15) is 0 Å². The smallest absolute Gasteiger partial charge is 0.227 e. The fraction of sp³-hybridized carbons (Fsp3) is 0.588. The van der Waals surface area contributed by atoms with Crippen molar-refractivity contribution in [3.8, 4) is 0 Å². The highest BCUT2D eigenvalue weighted by atomic mass is 35.5. The molecule has 1 spiro atoms. The molecular weight excluding hydrogens is 354 g/mol. The van der Waals surface area contributed by atoms with E-state index in [4.69, 9.17) is 11.6 Å². The fourth-order valence-electron chi connectivity index (χ4n) is 3.93. The number of amides is 1. The van der Waals surface area contributed by atoms with E-state index in [0.717, 1.165) is 25.9 Å². The Kier molecular flexibility index (Phi) is 6.48. The topological polar surface area (TPSA) is 52.6 Å². The molecule has 2 saturated heterocycles. The lowest BCUT2D eigenvalue weighted by Gasteiger charge is -2.37. The first-order valence-electron chi connectivity index (χ1n) is 8.08. The standard InChI is InChI=1S/C17H22ClFN2O2.ClH/c18-14-2-1-3-15(19)13(14)8-16(23)21-9-12(10-22)17(11-21)4-6-20-7-5-17;/h1-3,12,20,22H,4-11H2;1H. The normalized spacial score (nSPS) is 22.5. The van der Waals surface area contributed by atoms with Gasteiger partial charge in [-0.15, -0.1) is 12.4 Å². The first-order valence-corrected chi connectivity index (χ1v) is 8.46. The SMILES string of the molecule is Cl.O=C(Cc1c(F)cccc1Cl)N1CC(CO)C2(CCNCC2)C1. The highest BCUT2D eigenvalue weighted by Gasteiger charge is 2.47. The van der Waals surface area contributed by atoms with Gasteiger partial charge in [-0.25, -0.2) is 4.39 Å². The summed E-state index contributed by atoms with van der Waals surface area (Å²) in [7, 11) is 0. The van der Waals surface area contributed by atoms with E-state index in [-0.39, 0.29) is 53.3 Å².